The van der Waals surface area contributed by atoms with E-state index in [4.69, 9.17) is 4.74 Å². The number of carbonyl (C=O) groups is 1. The third kappa shape index (κ3) is 3.03. The van der Waals surface area contributed by atoms with Gasteiger partial charge in [-0.15, -0.1) is 0 Å². The highest BCUT2D eigenvalue weighted by Crippen LogP contribution is 2.38. The summed E-state index contributed by atoms with van der Waals surface area (Å²) >= 11 is 0. The quantitative estimate of drug-likeness (QED) is 0.908. The van der Waals surface area contributed by atoms with Gasteiger partial charge in [-0.05, 0) is 17.7 Å². The first-order valence-electron chi connectivity index (χ1n) is 7.65. The Morgan fingerprint density at radius 3 is 2.27 bits per heavy atom. The Hall–Kier alpha value is -2.87. The average molecular weight is 364 g/mol. The lowest BCUT2D eigenvalue weighted by Crippen LogP contribution is -2.52. The van der Waals surface area contributed by atoms with Crippen molar-refractivity contribution in [1.29, 1.82) is 0 Å². The van der Waals surface area contributed by atoms with Gasteiger partial charge in [-0.2, -0.15) is 13.2 Å². The maximum Gasteiger partial charge on any atom is 0.448 e. The molecule has 2 aromatic rings. The first-order valence-corrected chi connectivity index (χ1v) is 7.65. The van der Waals surface area contributed by atoms with Crippen LogP contribution in [0.15, 0.2) is 59.6 Å². The number of halogens is 3. The zero-order valence-electron chi connectivity index (χ0n) is 13.7. The summed E-state index contributed by atoms with van der Waals surface area (Å²) in [6, 6.07) is 14.5. The van der Waals surface area contributed by atoms with Crippen molar-refractivity contribution in [3.05, 3.63) is 65.7 Å². The Labute approximate surface area is 147 Å². The lowest BCUT2D eigenvalue weighted by atomic mass is 10.1. The average Bonchev–Trinajstić information content (AvgIpc) is 2.89. The van der Waals surface area contributed by atoms with Crippen molar-refractivity contribution in [2.45, 2.75) is 18.4 Å². The molecule has 0 fully saturated rings. The summed E-state index contributed by atoms with van der Waals surface area (Å²) in [5, 5.41) is 9.93. The minimum atomic E-state index is -5.22. The number of alkyl halides is 3. The van der Waals surface area contributed by atoms with Crippen LogP contribution in [-0.4, -0.2) is 40.8 Å². The van der Waals surface area contributed by atoms with Crippen LogP contribution in [-0.2, 0) is 11.3 Å². The molecule has 0 unspecified atom stereocenters. The van der Waals surface area contributed by atoms with Gasteiger partial charge >= 0.3 is 11.9 Å². The van der Waals surface area contributed by atoms with Gasteiger partial charge in [-0.25, -0.2) is 4.99 Å². The summed E-state index contributed by atoms with van der Waals surface area (Å²) in [4.78, 5) is 16.6. The van der Waals surface area contributed by atoms with E-state index < -0.39 is 17.8 Å². The second-order valence-corrected chi connectivity index (χ2v) is 5.71. The number of benzene rings is 2. The number of amides is 1. The highest BCUT2D eigenvalue weighted by molar-refractivity contribution is 6.14. The van der Waals surface area contributed by atoms with E-state index in [1.807, 2.05) is 0 Å². The van der Waals surface area contributed by atoms with Crippen LogP contribution in [0.5, 0.6) is 5.75 Å². The topological polar surface area (TPSA) is 62.1 Å². The van der Waals surface area contributed by atoms with Crippen LogP contribution < -0.4 is 4.74 Å². The number of hydrogen-bond acceptors (Lipinski definition) is 4. The predicted octanol–water partition coefficient (Wildman–Crippen LogP) is 2.74. The monoisotopic (exact) mass is 364 g/mol. The summed E-state index contributed by atoms with van der Waals surface area (Å²) < 4.78 is 44.9. The fraction of sp³-hybridized carbons (Fsp3) is 0.222. The number of methoxy groups -OCH3 is 1. The highest BCUT2D eigenvalue weighted by atomic mass is 19.4. The summed E-state index contributed by atoms with van der Waals surface area (Å²) in [7, 11) is 1.49. The molecule has 0 spiro atoms. The van der Waals surface area contributed by atoms with Crippen LogP contribution in [0.2, 0.25) is 0 Å². The summed E-state index contributed by atoms with van der Waals surface area (Å²) in [5.41, 5.74) is -2.92. The van der Waals surface area contributed by atoms with E-state index in [1.165, 1.54) is 19.2 Å². The number of nitrogens with zero attached hydrogens (tertiary/aromatic N) is 2. The molecule has 2 aromatic carbocycles. The number of aliphatic imine (C=N–C) groups is 1. The standard InChI is InChI=1S/C18H15F3N2O3/c1-26-14-9-7-12(8-10-14)11-23-15(13-5-3-2-4-6-13)22-17(25,16(23)24)18(19,20)21/h2-10,25H,11H2,1H3/t17-/m1/s1. The van der Waals surface area contributed by atoms with Gasteiger partial charge in [-0.1, -0.05) is 42.5 Å². The Morgan fingerprint density at radius 1 is 1.12 bits per heavy atom. The molecule has 26 heavy (non-hydrogen) atoms. The SMILES string of the molecule is COc1ccc(CN2C(=O)[C@@](O)(C(F)(F)F)N=C2c2ccccc2)cc1. The minimum Gasteiger partial charge on any atom is -0.497 e. The second-order valence-electron chi connectivity index (χ2n) is 5.71. The van der Waals surface area contributed by atoms with E-state index in [0.717, 1.165) is 4.90 Å². The Kier molecular flexibility index (Phi) is 4.45. The highest BCUT2D eigenvalue weighted by Gasteiger charge is 2.65. The van der Waals surface area contributed by atoms with Crippen LogP contribution in [0.25, 0.3) is 0 Å². The minimum absolute atomic E-state index is 0.172. The third-order valence-electron chi connectivity index (χ3n) is 3.99. The van der Waals surface area contributed by atoms with Crippen LogP contribution in [0.1, 0.15) is 11.1 Å². The van der Waals surface area contributed by atoms with Crippen LogP contribution >= 0.6 is 0 Å². The number of hydrogen-bond donors (Lipinski definition) is 1. The lowest BCUT2D eigenvalue weighted by molar-refractivity contribution is -0.248. The maximum atomic E-state index is 13.3. The normalized spacial score (nSPS) is 20.3. The van der Waals surface area contributed by atoms with Crippen LogP contribution in [0.3, 0.4) is 0 Å². The first kappa shape index (κ1) is 17.9. The predicted molar refractivity (Wildman–Crippen MR) is 87.5 cm³/mol. The molecule has 3 rings (SSSR count). The van der Waals surface area contributed by atoms with Crippen molar-refractivity contribution in [3.8, 4) is 5.75 Å². The van der Waals surface area contributed by atoms with Gasteiger partial charge in [-0.3, -0.25) is 9.69 Å². The van der Waals surface area contributed by atoms with Crippen molar-refractivity contribution in [2.75, 3.05) is 7.11 Å². The molecule has 0 aliphatic carbocycles. The molecule has 0 aromatic heterocycles. The number of ether oxygens (including phenoxy) is 1. The summed E-state index contributed by atoms with van der Waals surface area (Å²) in [6.07, 6.45) is -5.22. The van der Waals surface area contributed by atoms with E-state index in [2.05, 4.69) is 4.99 Å². The fourth-order valence-corrected chi connectivity index (χ4v) is 2.60. The molecule has 0 bridgehead atoms. The molecule has 0 saturated heterocycles. The fourth-order valence-electron chi connectivity index (χ4n) is 2.60. The van der Waals surface area contributed by atoms with Gasteiger partial charge in [0, 0.05) is 5.56 Å². The van der Waals surface area contributed by atoms with Gasteiger partial charge in [0.2, 0.25) is 0 Å². The number of carbonyl (C=O) groups excluding carboxylic acids is 1. The molecule has 1 aliphatic rings. The van der Waals surface area contributed by atoms with E-state index >= 15 is 0 Å². The first-order chi connectivity index (χ1) is 12.3. The molecule has 1 atom stereocenters. The molecule has 1 heterocycles. The van der Waals surface area contributed by atoms with E-state index in [-0.39, 0.29) is 12.4 Å². The largest absolute Gasteiger partial charge is 0.497 e. The number of rotatable bonds is 4. The van der Waals surface area contributed by atoms with E-state index in [1.54, 1.807) is 42.5 Å². The second kappa shape index (κ2) is 6.45. The Morgan fingerprint density at radius 2 is 1.73 bits per heavy atom. The molecule has 8 heteroatoms. The molecule has 0 saturated carbocycles. The van der Waals surface area contributed by atoms with Crippen molar-refractivity contribution in [1.82, 2.24) is 4.90 Å². The van der Waals surface area contributed by atoms with Crippen LogP contribution in [0, 0.1) is 0 Å². The van der Waals surface area contributed by atoms with Gasteiger partial charge in [0.25, 0.3) is 5.91 Å². The molecule has 1 aliphatic heterocycles. The summed E-state index contributed by atoms with van der Waals surface area (Å²) in [5.74, 6) is -1.18. The summed E-state index contributed by atoms with van der Waals surface area (Å²) in [6.45, 7) is -0.172. The number of aliphatic hydroxyl groups is 1. The van der Waals surface area contributed by atoms with Crippen molar-refractivity contribution < 1.29 is 27.8 Å². The Bertz CT molecular complexity index is 835. The molecule has 1 amide bonds. The molecule has 1 N–H and O–H groups in total. The van der Waals surface area contributed by atoms with Crippen LogP contribution in [0.4, 0.5) is 13.2 Å². The smallest absolute Gasteiger partial charge is 0.448 e. The van der Waals surface area contributed by atoms with Gasteiger partial charge in [0.15, 0.2) is 0 Å². The molecular weight excluding hydrogens is 349 g/mol. The number of amidine groups is 1. The van der Waals surface area contributed by atoms with Gasteiger partial charge in [0.05, 0.1) is 13.7 Å². The molecule has 5 nitrogen and oxygen atoms in total. The molecule has 0 radical (unpaired) electrons. The van der Waals surface area contributed by atoms with E-state index in [9.17, 15) is 23.1 Å². The zero-order chi connectivity index (χ0) is 18.9. The molecule has 136 valence electrons. The van der Waals surface area contributed by atoms with E-state index in [0.29, 0.717) is 16.9 Å². The Balaban J connectivity index is 2.01. The van der Waals surface area contributed by atoms with Crippen molar-refractivity contribution in [2.24, 2.45) is 4.99 Å². The van der Waals surface area contributed by atoms with Gasteiger partial charge in [0.1, 0.15) is 11.6 Å². The maximum absolute atomic E-state index is 13.3. The lowest BCUT2D eigenvalue weighted by Gasteiger charge is -2.23. The van der Waals surface area contributed by atoms with Gasteiger partial charge < -0.3 is 9.84 Å². The third-order valence-corrected chi connectivity index (χ3v) is 3.99. The zero-order valence-corrected chi connectivity index (χ0v) is 13.7. The molecular formula is C18H15F3N2O3. The van der Waals surface area contributed by atoms with Crippen molar-refractivity contribution in [3.63, 3.8) is 0 Å². The van der Waals surface area contributed by atoms with Crippen molar-refractivity contribution >= 4 is 11.7 Å².